The van der Waals surface area contributed by atoms with Crippen molar-refractivity contribution in [1.29, 1.82) is 0 Å². The van der Waals surface area contributed by atoms with Crippen molar-refractivity contribution in [2.45, 2.75) is 117 Å². The number of benzene rings is 2. The molecule has 0 unspecified atom stereocenters. The van der Waals surface area contributed by atoms with Crippen LogP contribution in [0.2, 0.25) is 6.32 Å². The Kier molecular flexibility index (Phi) is 18.8. The average Bonchev–Trinajstić information content (AvgIpc) is 3.48. The fourth-order valence-electron chi connectivity index (χ4n) is 4.58. The van der Waals surface area contributed by atoms with E-state index in [0.717, 1.165) is 38.1 Å². The second-order valence-electron chi connectivity index (χ2n) is 10.3. The Labute approximate surface area is 234 Å². The lowest BCUT2D eigenvalue weighted by Gasteiger charge is -2.10. The number of unbranched alkanes of at least 4 members (excludes halogenated alkanes) is 10. The van der Waals surface area contributed by atoms with Gasteiger partial charge >= 0.3 is 0 Å². The average molecular weight is 516 g/mol. The third-order valence-electron chi connectivity index (χ3n) is 6.84. The highest BCUT2D eigenvalue weighted by atomic mass is 16.5. The molecule has 0 aliphatic rings. The van der Waals surface area contributed by atoms with Crippen molar-refractivity contribution in [2.24, 2.45) is 0 Å². The van der Waals surface area contributed by atoms with Gasteiger partial charge in [0, 0.05) is 18.9 Å². The number of aromatic nitrogens is 2. The molecule has 0 spiro atoms. The van der Waals surface area contributed by atoms with E-state index in [0.29, 0.717) is 0 Å². The fraction of sp³-hybridized carbons (Fsp3) is 0.559. The third-order valence-corrected chi connectivity index (χ3v) is 6.84. The van der Waals surface area contributed by atoms with Gasteiger partial charge in [0.25, 0.3) is 0 Å². The van der Waals surface area contributed by atoms with E-state index in [1.807, 2.05) is 18.7 Å². The van der Waals surface area contributed by atoms with Crippen molar-refractivity contribution in [3.8, 4) is 5.75 Å². The standard InChI is InChI=1S/C19H24BO.C15H28N2/c1-2-16-21-19-14-7-6-10-17(19)11-8-9-15-20-18-12-4-3-5-13-18;1-2-3-4-5-6-7-8-9-10-11-13-17-14-12-16-15-17/h3-7,10,12-14H,2,8-9,11,15-16H2,1H3;12,14-15H,2-11,13H2,1H3. The minimum Gasteiger partial charge on any atom is -0.493 e. The smallest absolute Gasteiger partial charge is 0.151 e. The molecule has 3 rings (SSSR count). The second-order valence-corrected chi connectivity index (χ2v) is 10.3. The van der Waals surface area contributed by atoms with Gasteiger partial charge in [-0.3, -0.25) is 0 Å². The predicted octanol–water partition coefficient (Wildman–Crippen LogP) is 9.05. The fourth-order valence-corrected chi connectivity index (χ4v) is 4.58. The van der Waals surface area contributed by atoms with E-state index in [9.17, 15) is 0 Å². The van der Waals surface area contributed by atoms with Crippen molar-refractivity contribution >= 4 is 12.7 Å². The number of ether oxygens (including phenoxy) is 1. The van der Waals surface area contributed by atoms with E-state index < -0.39 is 0 Å². The molecule has 1 heterocycles. The maximum Gasteiger partial charge on any atom is 0.151 e. The molecule has 38 heavy (non-hydrogen) atoms. The molecule has 0 saturated heterocycles. The first-order chi connectivity index (χ1) is 18.8. The van der Waals surface area contributed by atoms with Crippen molar-refractivity contribution in [2.75, 3.05) is 6.61 Å². The van der Waals surface area contributed by atoms with Crippen LogP contribution in [-0.4, -0.2) is 23.4 Å². The molecular weight excluding hydrogens is 463 g/mol. The Bertz CT molecular complexity index is 898. The van der Waals surface area contributed by atoms with E-state index in [1.165, 1.54) is 88.1 Å². The number of nitrogens with zero attached hydrogens (tertiary/aromatic N) is 2. The molecule has 2 aromatic carbocycles. The quantitative estimate of drug-likeness (QED) is 0.111. The summed E-state index contributed by atoms with van der Waals surface area (Å²) in [6.07, 6.45) is 25.6. The van der Waals surface area contributed by atoms with Crippen LogP contribution >= 0.6 is 0 Å². The number of para-hydroxylation sites is 1. The zero-order valence-corrected chi connectivity index (χ0v) is 24.3. The van der Waals surface area contributed by atoms with Gasteiger partial charge in [0.05, 0.1) is 12.9 Å². The van der Waals surface area contributed by atoms with Crippen LogP contribution in [0, 0.1) is 0 Å². The lowest BCUT2D eigenvalue weighted by atomic mass is 9.66. The Hall–Kier alpha value is -2.49. The number of hydrogen-bond donors (Lipinski definition) is 0. The molecule has 0 aliphatic carbocycles. The number of aryl methyl sites for hydroxylation is 2. The van der Waals surface area contributed by atoms with Gasteiger partial charge < -0.3 is 9.30 Å². The molecular formula is C34H52BN2O. The molecule has 3 aromatic rings. The Morgan fingerprint density at radius 2 is 1.39 bits per heavy atom. The molecule has 3 nitrogen and oxygen atoms in total. The summed E-state index contributed by atoms with van der Waals surface area (Å²) < 4.78 is 7.98. The summed E-state index contributed by atoms with van der Waals surface area (Å²) in [5, 5.41) is 0. The highest BCUT2D eigenvalue weighted by Crippen LogP contribution is 2.20. The molecule has 0 amide bonds. The van der Waals surface area contributed by atoms with Crippen molar-refractivity contribution in [1.82, 2.24) is 9.55 Å². The van der Waals surface area contributed by atoms with Crippen LogP contribution in [0.25, 0.3) is 0 Å². The van der Waals surface area contributed by atoms with Gasteiger partial charge in [0.2, 0.25) is 0 Å². The molecule has 207 valence electrons. The first kappa shape index (κ1) is 31.7. The van der Waals surface area contributed by atoms with Crippen LogP contribution in [0.15, 0.2) is 73.3 Å². The molecule has 0 N–H and O–H groups in total. The summed E-state index contributed by atoms with van der Waals surface area (Å²) in [6.45, 7) is 6.36. The zero-order chi connectivity index (χ0) is 26.9. The van der Waals surface area contributed by atoms with Crippen molar-refractivity contribution < 1.29 is 4.74 Å². The van der Waals surface area contributed by atoms with E-state index >= 15 is 0 Å². The number of rotatable bonds is 20. The minimum atomic E-state index is 0.804. The molecule has 0 bridgehead atoms. The van der Waals surface area contributed by atoms with Crippen molar-refractivity contribution in [3.05, 3.63) is 78.9 Å². The summed E-state index contributed by atoms with van der Waals surface area (Å²) in [7, 11) is 2.32. The van der Waals surface area contributed by atoms with Gasteiger partial charge in [-0.2, -0.15) is 0 Å². The van der Waals surface area contributed by atoms with Gasteiger partial charge in [-0.15, -0.1) is 0 Å². The number of hydrogen-bond acceptors (Lipinski definition) is 2. The van der Waals surface area contributed by atoms with Crippen LogP contribution in [0.3, 0.4) is 0 Å². The highest BCUT2D eigenvalue weighted by Gasteiger charge is 2.03. The van der Waals surface area contributed by atoms with Crippen LogP contribution in [-0.2, 0) is 13.0 Å². The Balaban J connectivity index is 0.000000273. The van der Waals surface area contributed by atoms with E-state index in [4.69, 9.17) is 4.74 Å². The molecule has 0 fully saturated rings. The lowest BCUT2D eigenvalue weighted by molar-refractivity contribution is 0.314. The Morgan fingerprint density at radius 3 is 2.08 bits per heavy atom. The Morgan fingerprint density at radius 1 is 0.711 bits per heavy atom. The summed E-state index contributed by atoms with van der Waals surface area (Å²) in [5.74, 6) is 1.06. The number of imidazole rings is 1. The van der Waals surface area contributed by atoms with Crippen LogP contribution < -0.4 is 10.2 Å². The summed E-state index contributed by atoms with van der Waals surface area (Å²) >= 11 is 0. The van der Waals surface area contributed by atoms with Crippen LogP contribution in [0.1, 0.15) is 103 Å². The van der Waals surface area contributed by atoms with Crippen LogP contribution in [0.4, 0.5) is 0 Å². The maximum absolute atomic E-state index is 5.80. The molecule has 4 heteroatoms. The van der Waals surface area contributed by atoms with Crippen LogP contribution in [0.5, 0.6) is 5.75 Å². The van der Waals surface area contributed by atoms with Gasteiger partial charge in [-0.1, -0.05) is 138 Å². The van der Waals surface area contributed by atoms with E-state index in [-0.39, 0.29) is 0 Å². The molecule has 1 aromatic heterocycles. The summed E-state index contributed by atoms with van der Waals surface area (Å²) in [6, 6.07) is 19.0. The van der Waals surface area contributed by atoms with Crippen molar-refractivity contribution in [3.63, 3.8) is 0 Å². The maximum atomic E-state index is 5.80. The monoisotopic (exact) mass is 515 g/mol. The van der Waals surface area contributed by atoms with Gasteiger partial charge in [-0.25, -0.2) is 4.98 Å². The highest BCUT2D eigenvalue weighted by molar-refractivity contribution is 6.53. The first-order valence-electron chi connectivity index (χ1n) is 15.4. The minimum absolute atomic E-state index is 0.804. The first-order valence-corrected chi connectivity index (χ1v) is 15.4. The van der Waals surface area contributed by atoms with Gasteiger partial charge in [0.1, 0.15) is 5.75 Å². The molecule has 0 aliphatic heterocycles. The SMILES string of the molecule is CCCCCCCCCCCCn1ccnc1.CCCOc1ccccc1CCCC[B]c1ccccc1. The van der Waals surface area contributed by atoms with Gasteiger partial charge in [-0.05, 0) is 37.3 Å². The molecule has 0 atom stereocenters. The van der Waals surface area contributed by atoms with E-state index in [2.05, 4.69) is 85.3 Å². The lowest BCUT2D eigenvalue weighted by Crippen LogP contribution is -2.12. The summed E-state index contributed by atoms with van der Waals surface area (Å²) in [4.78, 5) is 4.05. The van der Waals surface area contributed by atoms with E-state index in [1.54, 1.807) is 0 Å². The summed E-state index contributed by atoms with van der Waals surface area (Å²) in [5.41, 5.74) is 2.66. The largest absolute Gasteiger partial charge is 0.493 e. The predicted molar refractivity (Wildman–Crippen MR) is 166 cm³/mol. The second kappa shape index (κ2) is 22.5. The molecule has 0 saturated carbocycles. The zero-order valence-electron chi connectivity index (χ0n) is 24.3. The van der Waals surface area contributed by atoms with Gasteiger partial charge in [0.15, 0.2) is 7.28 Å². The topological polar surface area (TPSA) is 27.1 Å². The molecule has 1 radical (unpaired) electrons. The third kappa shape index (κ3) is 15.7. The normalized spacial score (nSPS) is 10.6.